The lowest BCUT2D eigenvalue weighted by Crippen LogP contribution is -2.28. The normalized spacial score (nSPS) is 15.3. The first-order valence-electron chi connectivity index (χ1n) is 8.93. The molecule has 1 unspecified atom stereocenters. The Morgan fingerprint density at radius 3 is 2.58 bits per heavy atom. The van der Waals surface area contributed by atoms with Crippen molar-refractivity contribution in [2.75, 3.05) is 30.2 Å². The van der Waals surface area contributed by atoms with Crippen LogP contribution in [0.3, 0.4) is 0 Å². The van der Waals surface area contributed by atoms with Crippen LogP contribution in [0.4, 0.5) is 5.69 Å². The van der Waals surface area contributed by atoms with Gasteiger partial charge in [-0.25, -0.2) is 8.42 Å². The average Bonchev–Trinajstić information content (AvgIpc) is 3.05. The van der Waals surface area contributed by atoms with Gasteiger partial charge in [0.05, 0.1) is 18.0 Å². The van der Waals surface area contributed by atoms with E-state index in [0.717, 1.165) is 29.9 Å². The number of nitrogens with zero attached hydrogens (tertiary/aromatic N) is 2. The average molecular weight is 375 g/mol. The SMILES string of the molecule is CCN(Cc1ccccc1)CC(O)c1ccc2c(c1)CCN2S(C)(=O)=O. The minimum Gasteiger partial charge on any atom is -0.387 e. The monoisotopic (exact) mass is 374 g/mol. The summed E-state index contributed by atoms with van der Waals surface area (Å²) in [6.07, 6.45) is 1.31. The molecule has 1 aliphatic heterocycles. The summed E-state index contributed by atoms with van der Waals surface area (Å²) in [6, 6.07) is 15.8. The molecule has 0 bridgehead atoms. The first-order valence-corrected chi connectivity index (χ1v) is 10.8. The molecule has 0 aromatic heterocycles. The van der Waals surface area contributed by atoms with Crippen molar-refractivity contribution in [2.24, 2.45) is 0 Å². The lowest BCUT2D eigenvalue weighted by molar-refractivity contribution is 0.112. The second-order valence-electron chi connectivity index (χ2n) is 6.80. The number of hydrogen-bond acceptors (Lipinski definition) is 4. The third-order valence-corrected chi connectivity index (χ3v) is 6.05. The third-order valence-electron chi connectivity index (χ3n) is 4.87. The van der Waals surface area contributed by atoms with Crippen molar-refractivity contribution in [3.63, 3.8) is 0 Å². The lowest BCUT2D eigenvalue weighted by atomic mass is 10.0. The predicted octanol–water partition coefficient (Wildman–Crippen LogP) is 2.56. The van der Waals surface area contributed by atoms with E-state index in [1.807, 2.05) is 36.4 Å². The first kappa shape index (κ1) is 18.9. The highest BCUT2D eigenvalue weighted by Gasteiger charge is 2.27. The summed E-state index contributed by atoms with van der Waals surface area (Å²) >= 11 is 0. The van der Waals surface area contributed by atoms with Crippen LogP contribution < -0.4 is 4.31 Å². The molecule has 1 atom stereocenters. The minimum atomic E-state index is -3.24. The van der Waals surface area contributed by atoms with E-state index in [1.165, 1.54) is 16.1 Å². The molecule has 3 rings (SSSR count). The molecule has 1 heterocycles. The van der Waals surface area contributed by atoms with E-state index in [2.05, 4.69) is 24.0 Å². The van der Waals surface area contributed by atoms with Crippen LogP contribution >= 0.6 is 0 Å². The van der Waals surface area contributed by atoms with Crippen LogP contribution in [-0.4, -0.2) is 44.3 Å². The zero-order valence-corrected chi connectivity index (χ0v) is 16.1. The Kier molecular flexibility index (Phi) is 5.65. The number of aliphatic hydroxyl groups is 1. The fraction of sp³-hybridized carbons (Fsp3) is 0.400. The number of fused-ring (bicyclic) bond motifs is 1. The fourth-order valence-corrected chi connectivity index (χ4v) is 4.40. The summed E-state index contributed by atoms with van der Waals surface area (Å²) in [5.41, 5.74) is 3.78. The van der Waals surface area contributed by atoms with E-state index in [1.54, 1.807) is 0 Å². The van der Waals surface area contributed by atoms with Gasteiger partial charge >= 0.3 is 0 Å². The zero-order chi connectivity index (χ0) is 18.7. The standard InChI is InChI=1S/C20H26N2O3S/c1-3-21(14-16-7-5-4-6-8-16)15-20(23)18-9-10-19-17(13-18)11-12-22(19)26(2,24)25/h4-10,13,20,23H,3,11-12,14-15H2,1-2H3. The third kappa shape index (κ3) is 4.26. The van der Waals surface area contributed by atoms with Gasteiger partial charge in [0, 0.05) is 19.6 Å². The van der Waals surface area contributed by atoms with Gasteiger partial charge in [0.25, 0.3) is 0 Å². The zero-order valence-electron chi connectivity index (χ0n) is 15.3. The quantitative estimate of drug-likeness (QED) is 0.809. The van der Waals surface area contributed by atoms with Crippen LogP contribution in [0.25, 0.3) is 0 Å². The van der Waals surface area contributed by atoms with Crippen molar-refractivity contribution in [3.8, 4) is 0 Å². The van der Waals surface area contributed by atoms with Crippen molar-refractivity contribution in [2.45, 2.75) is 26.0 Å². The van der Waals surface area contributed by atoms with Crippen molar-refractivity contribution in [1.29, 1.82) is 0 Å². The van der Waals surface area contributed by atoms with E-state index < -0.39 is 16.1 Å². The lowest BCUT2D eigenvalue weighted by Gasteiger charge is -2.24. The van der Waals surface area contributed by atoms with Crippen LogP contribution in [0.15, 0.2) is 48.5 Å². The van der Waals surface area contributed by atoms with E-state index in [-0.39, 0.29) is 0 Å². The smallest absolute Gasteiger partial charge is 0.232 e. The molecule has 0 radical (unpaired) electrons. The van der Waals surface area contributed by atoms with Crippen molar-refractivity contribution < 1.29 is 13.5 Å². The number of hydrogen-bond donors (Lipinski definition) is 1. The highest BCUT2D eigenvalue weighted by Crippen LogP contribution is 2.32. The van der Waals surface area contributed by atoms with Crippen LogP contribution in [0.1, 0.15) is 29.7 Å². The van der Waals surface area contributed by atoms with E-state index >= 15 is 0 Å². The molecule has 0 saturated heterocycles. The van der Waals surface area contributed by atoms with E-state index in [0.29, 0.717) is 19.5 Å². The maximum Gasteiger partial charge on any atom is 0.232 e. The highest BCUT2D eigenvalue weighted by atomic mass is 32.2. The maximum absolute atomic E-state index is 11.8. The highest BCUT2D eigenvalue weighted by molar-refractivity contribution is 7.92. The van der Waals surface area contributed by atoms with Crippen molar-refractivity contribution >= 4 is 15.7 Å². The number of rotatable bonds is 7. The number of anilines is 1. The molecule has 1 aliphatic rings. The molecule has 2 aromatic rings. The summed E-state index contributed by atoms with van der Waals surface area (Å²) in [4.78, 5) is 2.20. The van der Waals surface area contributed by atoms with Crippen molar-refractivity contribution in [1.82, 2.24) is 4.90 Å². The molecule has 0 amide bonds. The predicted molar refractivity (Wildman–Crippen MR) is 105 cm³/mol. The van der Waals surface area contributed by atoms with Gasteiger partial charge in [-0.05, 0) is 35.7 Å². The van der Waals surface area contributed by atoms with Crippen LogP contribution in [0, 0.1) is 0 Å². The fourth-order valence-electron chi connectivity index (χ4n) is 3.44. The number of likely N-dealkylation sites (N-methyl/N-ethyl adjacent to an activating group) is 1. The van der Waals surface area contributed by atoms with Gasteiger partial charge in [-0.15, -0.1) is 0 Å². The molecule has 0 spiro atoms. The van der Waals surface area contributed by atoms with E-state index in [9.17, 15) is 13.5 Å². The molecule has 6 heteroatoms. The molecule has 0 fully saturated rings. The summed E-state index contributed by atoms with van der Waals surface area (Å²) in [5.74, 6) is 0. The Balaban J connectivity index is 1.71. The van der Waals surface area contributed by atoms with Crippen LogP contribution in [-0.2, 0) is 23.0 Å². The molecule has 0 aliphatic carbocycles. The summed E-state index contributed by atoms with van der Waals surface area (Å²) in [6.45, 7) is 4.74. The van der Waals surface area contributed by atoms with Gasteiger partial charge in [-0.2, -0.15) is 0 Å². The number of sulfonamides is 1. The molecule has 0 saturated carbocycles. The number of aliphatic hydroxyl groups excluding tert-OH is 1. The van der Waals surface area contributed by atoms with Gasteiger partial charge < -0.3 is 5.11 Å². The maximum atomic E-state index is 11.8. The molecule has 1 N–H and O–H groups in total. The molecule has 140 valence electrons. The summed E-state index contributed by atoms with van der Waals surface area (Å²) in [7, 11) is -3.24. The van der Waals surface area contributed by atoms with Gasteiger partial charge in [0.2, 0.25) is 10.0 Å². The van der Waals surface area contributed by atoms with E-state index in [4.69, 9.17) is 0 Å². The largest absolute Gasteiger partial charge is 0.387 e. The van der Waals surface area contributed by atoms with Gasteiger partial charge in [-0.1, -0.05) is 49.4 Å². The second-order valence-corrected chi connectivity index (χ2v) is 8.71. The summed E-state index contributed by atoms with van der Waals surface area (Å²) < 4.78 is 25.1. The molecule has 5 nitrogen and oxygen atoms in total. The topological polar surface area (TPSA) is 60.9 Å². The van der Waals surface area contributed by atoms with Crippen molar-refractivity contribution in [3.05, 3.63) is 65.2 Å². The van der Waals surface area contributed by atoms with Crippen LogP contribution in [0.2, 0.25) is 0 Å². The Morgan fingerprint density at radius 1 is 1.19 bits per heavy atom. The van der Waals surface area contributed by atoms with Gasteiger partial charge in [0.15, 0.2) is 0 Å². The minimum absolute atomic E-state index is 0.475. The Morgan fingerprint density at radius 2 is 1.92 bits per heavy atom. The molecular weight excluding hydrogens is 348 g/mol. The Hall–Kier alpha value is -1.89. The molecule has 2 aromatic carbocycles. The first-order chi connectivity index (χ1) is 12.4. The van der Waals surface area contributed by atoms with Crippen LogP contribution in [0.5, 0.6) is 0 Å². The van der Waals surface area contributed by atoms with Gasteiger partial charge in [-0.3, -0.25) is 9.21 Å². The number of benzene rings is 2. The molecule has 26 heavy (non-hydrogen) atoms. The Labute approximate surface area is 155 Å². The van der Waals surface area contributed by atoms with Gasteiger partial charge in [0.1, 0.15) is 0 Å². The Bertz CT molecular complexity index is 853. The summed E-state index contributed by atoms with van der Waals surface area (Å²) in [5, 5.41) is 10.7. The second kappa shape index (κ2) is 7.78. The molecular formula is C20H26N2O3S.